The Balaban J connectivity index is 2.58. The molecule has 0 unspecified atom stereocenters. The van der Waals surface area contributed by atoms with Crippen molar-refractivity contribution in [1.82, 2.24) is 10.6 Å². The molecule has 1 atom stereocenters. The van der Waals surface area contributed by atoms with E-state index in [-0.39, 0.29) is 17.8 Å². The molecule has 0 saturated carbocycles. The van der Waals surface area contributed by atoms with Crippen LogP contribution in [0.5, 0.6) is 5.75 Å². The second-order valence-corrected chi connectivity index (χ2v) is 7.31. The highest BCUT2D eigenvalue weighted by Crippen LogP contribution is 2.14. The summed E-state index contributed by atoms with van der Waals surface area (Å²) in [5.41, 5.74) is 0.894. The number of amides is 2. The van der Waals surface area contributed by atoms with Crippen LogP contribution in [-0.2, 0) is 30.3 Å². The Morgan fingerprint density at radius 3 is 2.50 bits per heavy atom. The SMILES string of the molecule is CCOC(=O)CCCOc1ccc(C[C@H](NC(=O)CSC)C(=O)NCCOC)cc1. The van der Waals surface area contributed by atoms with Crippen molar-refractivity contribution in [2.45, 2.75) is 32.2 Å². The molecular formula is C21H32N2O6S. The van der Waals surface area contributed by atoms with Crippen molar-refractivity contribution in [2.75, 3.05) is 45.5 Å². The molecule has 0 saturated heterocycles. The molecule has 0 bridgehead atoms. The lowest BCUT2D eigenvalue weighted by Gasteiger charge is -2.18. The average Bonchev–Trinajstić information content (AvgIpc) is 2.72. The zero-order valence-electron chi connectivity index (χ0n) is 17.9. The molecule has 0 fully saturated rings. The van der Waals surface area contributed by atoms with Crippen LogP contribution in [0, 0.1) is 0 Å². The molecule has 2 N–H and O–H groups in total. The zero-order chi connectivity index (χ0) is 22.2. The van der Waals surface area contributed by atoms with Gasteiger partial charge in [0.25, 0.3) is 0 Å². The van der Waals surface area contributed by atoms with E-state index in [9.17, 15) is 14.4 Å². The topological polar surface area (TPSA) is 103 Å². The van der Waals surface area contributed by atoms with Crippen molar-refractivity contribution in [3.63, 3.8) is 0 Å². The minimum Gasteiger partial charge on any atom is -0.494 e. The van der Waals surface area contributed by atoms with Crippen LogP contribution in [0.15, 0.2) is 24.3 Å². The summed E-state index contributed by atoms with van der Waals surface area (Å²) in [6, 6.07) is 6.66. The third-order valence-electron chi connectivity index (χ3n) is 4.00. The van der Waals surface area contributed by atoms with Crippen molar-refractivity contribution < 1.29 is 28.6 Å². The van der Waals surface area contributed by atoms with Crippen molar-refractivity contribution in [3.8, 4) is 5.75 Å². The summed E-state index contributed by atoms with van der Waals surface area (Å²) in [6.07, 6.45) is 3.09. The van der Waals surface area contributed by atoms with E-state index in [1.807, 2.05) is 30.5 Å². The second-order valence-electron chi connectivity index (χ2n) is 6.44. The number of nitrogens with one attached hydrogen (secondary N) is 2. The van der Waals surface area contributed by atoms with Gasteiger partial charge in [0.15, 0.2) is 0 Å². The van der Waals surface area contributed by atoms with Gasteiger partial charge in [-0.15, -0.1) is 0 Å². The smallest absolute Gasteiger partial charge is 0.305 e. The molecule has 1 aromatic carbocycles. The Morgan fingerprint density at radius 1 is 1.13 bits per heavy atom. The highest BCUT2D eigenvalue weighted by molar-refractivity contribution is 7.99. The first-order chi connectivity index (χ1) is 14.5. The monoisotopic (exact) mass is 440 g/mol. The van der Waals surface area contributed by atoms with E-state index in [4.69, 9.17) is 14.2 Å². The number of hydrogen-bond acceptors (Lipinski definition) is 7. The molecule has 30 heavy (non-hydrogen) atoms. The summed E-state index contributed by atoms with van der Waals surface area (Å²) in [7, 11) is 1.56. The van der Waals surface area contributed by atoms with Gasteiger partial charge in [0.2, 0.25) is 11.8 Å². The molecule has 0 spiro atoms. The van der Waals surface area contributed by atoms with E-state index in [1.54, 1.807) is 14.0 Å². The number of rotatable bonds is 15. The molecule has 0 aliphatic heterocycles. The van der Waals surface area contributed by atoms with Crippen molar-refractivity contribution in [2.24, 2.45) is 0 Å². The van der Waals surface area contributed by atoms with Crippen LogP contribution in [0.25, 0.3) is 0 Å². The molecule has 9 heteroatoms. The molecule has 1 rings (SSSR count). The van der Waals surface area contributed by atoms with Gasteiger partial charge in [-0.3, -0.25) is 14.4 Å². The maximum Gasteiger partial charge on any atom is 0.305 e. The molecule has 1 aromatic rings. The molecular weight excluding hydrogens is 408 g/mol. The number of carbonyl (C=O) groups excluding carboxylic acids is 3. The maximum absolute atomic E-state index is 12.5. The van der Waals surface area contributed by atoms with Gasteiger partial charge in [-0.25, -0.2) is 0 Å². The van der Waals surface area contributed by atoms with Crippen LogP contribution < -0.4 is 15.4 Å². The van der Waals surface area contributed by atoms with E-state index < -0.39 is 6.04 Å². The summed E-state index contributed by atoms with van der Waals surface area (Å²) >= 11 is 1.40. The lowest BCUT2D eigenvalue weighted by molar-refractivity contribution is -0.143. The Kier molecular flexibility index (Phi) is 13.4. The van der Waals surface area contributed by atoms with Crippen LogP contribution in [0.2, 0.25) is 0 Å². The second kappa shape index (κ2) is 15.6. The van der Waals surface area contributed by atoms with Gasteiger partial charge in [0.1, 0.15) is 11.8 Å². The van der Waals surface area contributed by atoms with Crippen molar-refractivity contribution in [3.05, 3.63) is 29.8 Å². The van der Waals surface area contributed by atoms with E-state index in [0.29, 0.717) is 57.1 Å². The lowest BCUT2D eigenvalue weighted by atomic mass is 10.0. The predicted molar refractivity (Wildman–Crippen MR) is 117 cm³/mol. The number of thioether (sulfide) groups is 1. The molecule has 0 aliphatic rings. The van der Waals surface area contributed by atoms with Gasteiger partial charge in [0, 0.05) is 26.5 Å². The molecule has 0 radical (unpaired) electrons. The number of hydrogen-bond donors (Lipinski definition) is 2. The van der Waals surface area contributed by atoms with Crippen LogP contribution >= 0.6 is 11.8 Å². The number of carbonyl (C=O) groups is 3. The molecule has 168 valence electrons. The lowest BCUT2D eigenvalue weighted by Crippen LogP contribution is -2.49. The molecule has 0 aliphatic carbocycles. The Labute approximate surface area is 182 Å². The summed E-state index contributed by atoms with van der Waals surface area (Å²) in [4.78, 5) is 35.7. The van der Waals surface area contributed by atoms with Gasteiger partial charge in [-0.2, -0.15) is 11.8 Å². The fraction of sp³-hybridized carbons (Fsp3) is 0.571. The first-order valence-corrected chi connectivity index (χ1v) is 11.3. The molecule has 0 aromatic heterocycles. The molecule has 8 nitrogen and oxygen atoms in total. The Morgan fingerprint density at radius 2 is 1.87 bits per heavy atom. The van der Waals surface area contributed by atoms with Crippen LogP contribution in [-0.4, -0.2) is 69.3 Å². The standard InChI is InChI=1S/C21H32N2O6S/c1-4-28-20(25)6-5-12-29-17-9-7-16(8-10-17)14-18(23-19(24)15-30-3)21(26)22-11-13-27-2/h7-10,18H,4-6,11-15H2,1-3H3,(H,22,26)(H,23,24)/t18-/m0/s1. The quantitative estimate of drug-likeness (QED) is 0.315. The summed E-state index contributed by atoms with van der Waals surface area (Å²) < 4.78 is 15.4. The van der Waals surface area contributed by atoms with E-state index >= 15 is 0 Å². The van der Waals surface area contributed by atoms with Gasteiger partial charge in [0.05, 0.1) is 25.6 Å². The van der Waals surface area contributed by atoms with Crippen molar-refractivity contribution in [1.29, 1.82) is 0 Å². The summed E-state index contributed by atoms with van der Waals surface area (Å²) in [5, 5.41) is 5.55. The minimum atomic E-state index is -0.669. The van der Waals surface area contributed by atoms with Crippen LogP contribution in [0.3, 0.4) is 0 Å². The summed E-state index contributed by atoms with van der Waals surface area (Å²) in [6.45, 7) is 3.35. The predicted octanol–water partition coefficient (Wildman–Crippen LogP) is 1.56. The first-order valence-electron chi connectivity index (χ1n) is 9.92. The number of ether oxygens (including phenoxy) is 3. The van der Waals surface area contributed by atoms with Crippen LogP contribution in [0.1, 0.15) is 25.3 Å². The number of benzene rings is 1. The fourth-order valence-electron chi connectivity index (χ4n) is 2.57. The highest BCUT2D eigenvalue weighted by Gasteiger charge is 2.20. The van der Waals surface area contributed by atoms with E-state index in [0.717, 1.165) is 5.56 Å². The van der Waals surface area contributed by atoms with Gasteiger partial charge in [-0.1, -0.05) is 12.1 Å². The van der Waals surface area contributed by atoms with Crippen LogP contribution in [0.4, 0.5) is 0 Å². The average molecular weight is 441 g/mol. The maximum atomic E-state index is 12.5. The Bertz CT molecular complexity index is 653. The normalized spacial score (nSPS) is 11.4. The van der Waals surface area contributed by atoms with Gasteiger partial charge >= 0.3 is 5.97 Å². The van der Waals surface area contributed by atoms with E-state index in [2.05, 4.69) is 10.6 Å². The largest absolute Gasteiger partial charge is 0.494 e. The number of methoxy groups -OCH3 is 1. The summed E-state index contributed by atoms with van der Waals surface area (Å²) in [5.74, 6) is 0.308. The van der Waals surface area contributed by atoms with Gasteiger partial charge < -0.3 is 24.8 Å². The molecule has 0 heterocycles. The van der Waals surface area contributed by atoms with Gasteiger partial charge in [-0.05, 0) is 37.3 Å². The zero-order valence-corrected chi connectivity index (χ0v) is 18.7. The minimum absolute atomic E-state index is 0.184. The highest BCUT2D eigenvalue weighted by atomic mass is 32.2. The van der Waals surface area contributed by atoms with E-state index in [1.165, 1.54) is 11.8 Å². The Hall–Kier alpha value is -2.26. The molecule has 2 amide bonds. The first kappa shape index (κ1) is 25.8. The number of esters is 1. The fourth-order valence-corrected chi connectivity index (χ4v) is 2.92. The third kappa shape index (κ3) is 11.1. The van der Waals surface area contributed by atoms with Crippen molar-refractivity contribution >= 4 is 29.5 Å². The third-order valence-corrected chi connectivity index (χ3v) is 4.55.